The molecule has 1 aliphatic rings. The number of nitrogens with zero attached hydrogens (tertiary/aromatic N) is 2. The Morgan fingerprint density at radius 3 is 2.90 bits per heavy atom. The SMILES string of the molecule is COCCCC(NC(=O)c1n[nH]c(C2CC2)n1)C(=O)O. The van der Waals surface area contributed by atoms with Crippen LogP contribution in [0.4, 0.5) is 0 Å². The number of methoxy groups -OCH3 is 1. The molecule has 8 nitrogen and oxygen atoms in total. The lowest BCUT2D eigenvalue weighted by Gasteiger charge is -2.12. The third-order valence-electron chi connectivity index (χ3n) is 3.11. The van der Waals surface area contributed by atoms with Crippen molar-refractivity contribution in [2.45, 2.75) is 37.6 Å². The number of aliphatic carboxylic acids is 1. The summed E-state index contributed by atoms with van der Waals surface area (Å²) in [5, 5.41) is 18.0. The monoisotopic (exact) mass is 282 g/mol. The molecule has 0 radical (unpaired) electrons. The lowest BCUT2D eigenvalue weighted by Crippen LogP contribution is -2.41. The number of carboxylic acid groups (broad SMARTS) is 1. The van der Waals surface area contributed by atoms with E-state index in [4.69, 9.17) is 9.84 Å². The molecule has 1 atom stereocenters. The van der Waals surface area contributed by atoms with Gasteiger partial charge in [0.2, 0.25) is 5.82 Å². The van der Waals surface area contributed by atoms with E-state index in [1.165, 1.54) is 0 Å². The normalized spacial score (nSPS) is 15.8. The lowest BCUT2D eigenvalue weighted by molar-refractivity contribution is -0.139. The first-order valence-electron chi connectivity index (χ1n) is 6.56. The number of hydrogen-bond donors (Lipinski definition) is 3. The van der Waals surface area contributed by atoms with Crippen molar-refractivity contribution in [1.29, 1.82) is 0 Å². The first-order chi connectivity index (χ1) is 9.61. The summed E-state index contributed by atoms with van der Waals surface area (Å²) in [4.78, 5) is 27.1. The van der Waals surface area contributed by atoms with Gasteiger partial charge in [-0.1, -0.05) is 0 Å². The summed E-state index contributed by atoms with van der Waals surface area (Å²) < 4.78 is 4.86. The number of carboxylic acids is 1. The quantitative estimate of drug-likeness (QED) is 0.590. The molecule has 1 amide bonds. The first-order valence-corrected chi connectivity index (χ1v) is 6.56. The molecule has 0 saturated heterocycles. The number of hydrogen-bond acceptors (Lipinski definition) is 5. The van der Waals surface area contributed by atoms with Gasteiger partial charge in [-0.05, 0) is 25.7 Å². The summed E-state index contributed by atoms with van der Waals surface area (Å²) in [6.07, 6.45) is 2.94. The van der Waals surface area contributed by atoms with E-state index >= 15 is 0 Å². The molecule has 1 aliphatic carbocycles. The van der Waals surface area contributed by atoms with Gasteiger partial charge in [0.1, 0.15) is 11.9 Å². The number of carbonyl (C=O) groups excluding carboxylic acids is 1. The van der Waals surface area contributed by atoms with Gasteiger partial charge in [-0.3, -0.25) is 9.89 Å². The fourth-order valence-corrected chi connectivity index (χ4v) is 1.83. The van der Waals surface area contributed by atoms with Gasteiger partial charge in [0.15, 0.2) is 0 Å². The molecule has 1 heterocycles. The second-order valence-electron chi connectivity index (χ2n) is 4.82. The predicted octanol–water partition coefficient (Wildman–Crippen LogP) is 0.292. The highest BCUT2D eigenvalue weighted by Crippen LogP contribution is 2.37. The van der Waals surface area contributed by atoms with E-state index < -0.39 is 17.9 Å². The van der Waals surface area contributed by atoms with E-state index in [-0.39, 0.29) is 5.82 Å². The number of amides is 1. The van der Waals surface area contributed by atoms with Crippen molar-refractivity contribution in [3.05, 3.63) is 11.6 Å². The molecule has 1 unspecified atom stereocenters. The topological polar surface area (TPSA) is 117 Å². The van der Waals surface area contributed by atoms with Gasteiger partial charge in [-0.15, -0.1) is 5.10 Å². The molecule has 20 heavy (non-hydrogen) atoms. The van der Waals surface area contributed by atoms with Crippen molar-refractivity contribution >= 4 is 11.9 Å². The summed E-state index contributed by atoms with van der Waals surface area (Å²) in [7, 11) is 1.54. The van der Waals surface area contributed by atoms with Crippen LogP contribution < -0.4 is 5.32 Å². The van der Waals surface area contributed by atoms with E-state index in [1.54, 1.807) is 7.11 Å². The number of nitrogens with one attached hydrogen (secondary N) is 2. The van der Waals surface area contributed by atoms with E-state index in [9.17, 15) is 9.59 Å². The van der Waals surface area contributed by atoms with Gasteiger partial charge in [0.05, 0.1) is 0 Å². The highest BCUT2D eigenvalue weighted by molar-refractivity contribution is 5.93. The van der Waals surface area contributed by atoms with Gasteiger partial charge in [-0.2, -0.15) is 0 Å². The smallest absolute Gasteiger partial charge is 0.326 e. The average Bonchev–Trinajstić information content (AvgIpc) is 3.15. The molecule has 1 saturated carbocycles. The number of carbonyl (C=O) groups is 2. The van der Waals surface area contributed by atoms with Gasteiger partial charge in [0.25, 0.3) is 5.91 Å². The predicted molar refractivity (Wildman–Crippen MR) is 68.4 cm³/mol. The number of H-pyrrole nitrogens is 1. The Morgan fingerprint density at radius 2 is 2.30 bits per heavy atom. The van der Waals surface area contributed by atoms with Crippen LogP contribution in [0.2, 0.25) is 0 Å². The molecule has 1 fully saturated rings. The zero-order chi connectivity index (χ0) is 14.5. The van der Waals surface area contributed by atoms with Crippen molar-refractivity contribution in [2.24, 2.45) is 0 Å². The maximum absolute atomic E-state index is 11.9. The largest absolute Gasteiger partial charge is 0.480 e. The van der Waals surface area contributed by atoms with Crippen LogP contribution in [0.15, 0.2) is 0 Å². The van der Waals surface area contributed by atoms with Gasteiger partial charge >= 0.3 is 5.97 Å². The van der Waals surface area contributed by atoms with Crippen LogP contribution in [0.25, 0.3) is 0 Å². The van der Waals surface area contributed by atoms with Crippen LogP contribution in [-0.4, -0.2) is 51.9 Å². The number of ether oxygens (including phenoxy) is 1. The van der Waals surface area contributed by atoms with Crippen molar-refractivity contribution in [2.75, 3.05) is 13.7 Å². The summed E-state index contributed by atoms with van der Waals surface area (Å²) in [6.45, 7) is 0.451. The molecule has 1 aromatic heterocycles. The molecule has 3 N–H and O–H groups in total. The van der Waals surface area contributed by atoms with Gasteiger partial charge in [-0.25, -0.2) is 9.78 Å². The van der Waals surface area contributed by atoms with Crippen LogP contribution in [0.3, 0.4) is 0 Å². The molecule has 0 aromatic carbocycles. The number of rotatable bonds is 8. The molecular weight excluding hydrogens is 264 g/mol. The molecule has 0 bridgehead atoms. The second kappa shape index (κ2) is 6.47. The zero-order valence-corrected chi connectivity index (χ0v) is 11.3. The molecule has 2 rings (SSSR count). The molecule has 110 valence electrons. The minimum Gasteiger partial charge on any atom is -0.480 e. The Bertz CT molecular complexity index is 484. The van der Waals surface area contributed by atoms with E-state index in [0.717, 1.165) is 12.8 Å². The van der Waals surface area contributed by atoms with Crippen molar-refractivity contribution in [3.63, 3.8) is 0 Å². The van der Waals surface area contributed by atoms with Gasteiger partial charge in [0, 0.05) is 19.6 Å². The Morgan fingerprint density at radius 1 is 1.55 bits per heavy atom. The molecule has 0 spiro atoms. The average molecular weight is 282 g/mol. The first kappa shape index (κ1) is 14.4. The third-order valence-corrected chi connectivity index (χ3v) is 3.11. The van der Waals surface area contributed by atoms with Crippen LogP contribution in [-0.2, 0) is 9.53 Å². The molecule has 8 heteroatoms. The highest BCUT2D eigenvalue weighted by atomic mass is 16.5. The molecule has 1 aromatic rings. The van der Waals surface area contributed by atoms with E-state index in [1.807, 2.05) is 0 Å². The van der Waals surface area contributed by atoms with Gasteiger partial charge < -0.3 is 15.2 Å². The molecular formula is C12H18N4O4. The fourth-order valence-electron chi connectivity index (χ4n) is 1.83. The Balaban J connectivity index is 1.90. The highest BCUT2D eigenvalue weighted by Gasteiger charge is 2.29. The van der Waals surface area contributed by atoms with Crippen molar-refractivity contribution < 1.29 is 19.4 Å². The van der Waals surface area contributed by atoms with E-state index in [2.05, 4.69) is 20.5 Å². The third kappa shape index (κ3) is 3.77. The van der Waals surface area contributed by atoms with Crippen molar-refractivity contribution in [3.8, 4) is 0 Å². The maximum Gasteiger partial charge on any atom is 0.326 e. The Hall–Kier alpha value is -1.96. The summed E-state index contributed by atoms with van der Waals surface area (Å²) in [5.74, 6) is -0.599. The Labute approximate surface area is 115 Å². The number of aromatic nitrogens is 3. The van der Waals surface area contributed by atoms with E-state index in [0.29, 0.717) is 31.2 Å². The van der Waals surface area contributed by atoms with Crippen LogP contribution in [0, 0.1) is 0 Å². The van der Waals surface area contributed by atoms with Crippen LogP contribution in [0.5, 0.6) is 0 Å². The lowest BCUT2D eigenvalue weighted by atomic mass is 10.1. The van der Waals surface area contributed by atoms with Crippen LogP contribution >= 0.6 is 0 Å². The molecule has 0 aliphatic heterocycles. The minimum atomic E-state index is -1.08. The zero-order valence-electron chi connectivity index (χ0n) is 11.3. The summed E-state index contributed by atoms with van der Waals surface area (Å²) in [5.41, 5.74) is 0. The second-order valence-corrected chi connectivity index (χ2v) is 4.82. The maximum atomic E-state index is 11.9. The summed E-state index contributed by atoms with van der Waals surface area (Å²) in [6, 6.07) is -0.958. The number of aromatic amines is 1. The minimum absolute atomic E-state index is 0.00936. The Kier molecular flexibility index (Phi) is 4.67. The van der Waals surface area contributed by atoms with Crippen molar-refractivity contribution in [1.82, 2.24) is 20.5 Å². The van der Waals surface area contributed by atoms with Crippen LogP contribution in [0.1, 0.15) is 48.0 Å². The standard InChI is InChI=1S/C12H18N4O4/c1-20-6-2-3-8(12(18)19)13-11(17)10-14-9(15-16-10)7-4-5-7/h7-8H,2-6H2,1H3,(H,13,17)(H,18,19)(H,14,15,16). The summed E-state index contributed by atoms with van der Waals surface area (Å²) >= 11 is 0. The fraction of sp³-hybridized carbons (Fsp3) is 0.667.